The molecule has 0 saturated carbocycles. The van der Waals surface area contributed by atoms with E-state index < -0.39 is 10.0 Å². The zero-order chi connectivity index (χ0) is 20.0. The molecule has 152 valence electrons. The van der Waals surface area contributed by atoms with E-state index in [1.807, 2.05) is 20.8 Å². The number of piperidine rings is 1. The van der Waals surface area contributed by atoms with Crippen molar-refractivity contribution in [2.24, 2.45) is 5.92 Å². The maximum absolute atomic E-state index is 13.0. The fourth-order valence-corrected chi connectivity index (χ4v) is 5.14. The number of amides is 1. The summed E-state index contributed by atoms with van der Waals surface area (Å²) in [6.07, 6.45) is 2.69. The van der Waals surface area contributed by atoms with Gasteiger partial charge in [-0.1, -0.05) is 18.5 Å². The van der Waals surface area contributed by atoms with Gasteiger partial charge in [0.05, 0.1) is 11.1 Å². The summed E-state index contributed by atoms with van der Waals surface area (Å²) < 4.78 is 32.9. The molecule has 1 saturated heterocycles. The molecule has 0 spiro atoms. The number of rotatable bonds is 8. The van der Waals surface area contributed by atoms with Crippen molar-refractivity contribution >= 4 is 27.5 Å². The first-order valence-corrected chi connectivity index (χ1v) is 11.2. The van der Waals surface area contributed by atoms with E-state index in [0.29, 0.717) is 38.6 Å². The van der Waals surface area contributed by atoms with Crippen LogP contribution in [0.4, 0.5) is 0 Å². The minimum atomic E-state index is -3.72. The largest absolute Gasteiger partial charge is 0.379 e. The van der Waals surface area contributed by atoms with Gasteiger partial charge < -0.3 is 10.1 Å². The number of halogens is 1. The second kappa shape index (κ2) is 9.87. The summed E-state index contributed by atoms with van der Waals surface area (Å²) in [6.45, 7) is 7.93. The number of hydrogen-bond acceptors (Lipinski definition) is 4. The van der Waals surface area contributed by atoms with Gasteiger partial charge in [0.25, 0.3) is 5.91 Å². The van der Waals surface area contributed by atoms with E-state index in [4.69, 9.17) is 16.3 Å². The number of nitrogens with one attached hydrogen (secondary N) is 1. The SMILES string of the molecule is CC1CCCN(S(=O)(=O)c2cc(C(=O)NCCCOC(C)C)ccc2Cl)C1. The highest BCUT2D eigenvalue weighted by Crippen LogP contribution is 2.29. The lowest BCUT2D eigenvalue weighted by molar-refractivity contribution is 0.0757. The quantitative estimate of drug-likeness (QED) is 0.659. The van der Waals surface area contributed by atoms with Gasteiger partial charge in [-0.05, 0) is 57.2 Å². The molecule has 8 heteroatoms. The summed E-state index contributed by atoms with van der Waals surface area (Å²) in [7, 11) is -3.72. The van der Waals surface area contributed by atoms with Gasteiger partial charge in [-0.3, -0.25) is 4.79 Å². The predicted octanol–water partition coefficient (Wildman–Crippen LogP) is 3.31. The van der Waals surface area contributed by atoms with Crippen LogP contribution in [0.3, 0.4) is 0 Å². The Hall–Kier alpha value is -1.15. The van der Waals surface area contributed by atoms with Crippen LogP contribution < -0.4 is 5.32 Å². The molecule has 1 aliphatic heterocycles. The zero-order valence-corrected chi connectivity index (χ0v) is 17.8. The summed E-state index contributed by atoms with van der Waals surface area (Å²) in [4.78, 5) is 12.4. The Balaban J connectivity index is 2.07. The molecule has 1 aromatic rings. The molecule has 0 aromatic heterocycles. The summed E-state index contributed by atoms with van der Waals surface area (Å²) >= 11 is 6.16. The van der Waals surface area contributed by atoms with Crippen LogP contribution in [0.25, 0.3) is 0 Å². The average molecular weight is 417 g/mol. The maximum atomic E-state index is 13.0. The molecule has 0 aliphatic carbocycles. The van der Waals surface area contributed by atoms with Gasteiger partial charge in [0.2, 0.25) is 10.0 Å². The van der Waals surface area contributed by atoms with Crippen LogP contribution in [-0.2, 0) is 14.8 Å². The monoisotopic (exact) mass is 416 g/mol. The molecule has 1 aliphatic rings. The molecule has 27 heavy (non-hydrogen) atoms. The van der Waals surface area contributed by atoms with Crippen LogP contribution in [-0.4, -0.2) is 51.0 Å². The van der Waals surface area contributed by atoms with Crippen molar-refractivity contribution in [3.63, 3.8) is 0 Å². The van der Waals surface area contributed by atoms with Gasteiger partial charge >= 0.3 is 0 Å². The fourth-order valence-electron chi connectivity index (χ4n) is 3.04. The summed E-state index contributed by atoms with van der Waals surface area (Å²) in [5.41, 5.74) is 0.285. The first kappa shape index (κ1) is 22.1. The smallest absolute Gasteiger partial charge is 0.251 e. The molecule has 2 rings (SSSR count). The van der Waals surface area contributed by atoms with E-state index in [0.717, 1.165) is 12.8 Å². The molecule has 1 N–H and O–H groups in total. The van der Waals surface area contributed by atoms with Gasteiger partial charge in [0.1, 0.15) is 4.90 Å². The Labute approximate surface area is 167 Å². The van der Waals surface area contributed by atoms with E-state index in [9.17, 15) is 13.2 Å². The van der Waals surface area contributed by atoms with Crippen LogP contribution in [0.1, 0.15) is 50.4 Å². The summed E-state index contributed by atoms with van der Waals surface area (Å²) in [5, 5.41) is 2.92. The lowest BCUT2D eigenvalue weighted by atomic mass is 10.0. The first-order chi connectivity index (χ1) is 12.7. The molecular weight excluding hydrogens is 388 g/mol. The molecular formula is C19H29ClN2O4S. The van der Waals surface area contributed by atoms with Gasteiger partial charge in [0.15, 0.2) is 0 Å². The van der Waals surface area contributed by atoms with Crippen molar-refractivity contribution in [3.05, 3.63) is 28.8 Å². The number of carbonyl (C=O) groups excluding carboxylic acids is 1. The maximum Gasteiger partial charge on any atom is 0.251 e. The highest BCUT2D eigenvalue weighted by atomic mass is 35.5. The Morgan fingerprint density at radius 1 is 1.41 bits per heavy atom. The molecule has 1 fully saturated rings. The van der Waals surface area contributed by atoms with Gasteiger partial charge in [0, 0.05) is 31.8 Å². The molecule has 1 aromatic carbocycles. The number of carbonyl (C=O) groups is 1. The zero-order valence-electron chi connectivity index (χ0n) is 16.2. The lowest BCUT2D eigenvalue weighted by Crippen LogP contribution is -2.39. The Kier molecular flexibility index (Phi) is 8.09. The van der Waals surface area contributed by atoms with Crippen molar-refractivity contribution < 1.29 is 17.9 Å². The van der Waals surface area contributed by atoms with Gasteiger partial charge in [-0.2, -0.15) is 4.31 Å². The normalized spacial score (nSPS) is 18.6. The number of ether oxygens (including phenoxy) is 1. The predicted molar refractivity (Wildman–Crippen MR) is 107 cm³/mol. The van der Waals surface area contributed by atoms with Crippen LogP contribution in [0, 0.1) is 5.92 Å². The third-order valence-electron chi connectivity index (χ3n) is 4.49. The first-order valence-electron chi connectivity index (χ1n) is 9.41. The van der Waals surface area contributed by atoms with Crippen LogP contribution in [0.5, 0.6) is 0 Å². The third kappa shape index (κ3) is 6.17. The van der Waals surface area contributed by atoms with E-state index in [1.54, 1.807) is 6.07 Å². The third-order valence-corrected chi connectivity index (χ3v) is 6.84. The van der Waals surface area contributed by atoms with E-state index in [-0.39, 0.29) is 27.5 Å². The number of sulfonamides is 1. The molecule has 1 atom stereocenters. The summed E-state index contributed by atoms with van der Waals surface area (Å²) in [6, 6.07) is 4.38. The van der Waals surface area contributed by atoms with Crippen molar-refractivity contribution in [1.82, 2.24) is 9.62 Å². The van der Waals surface area contributed by atoms with Crippen LogP contribution >= 0.6 is 11.6 Å². The molecule has 1 unspecified atom stereocenters. The minimum Gasteiger partial charge on any atom is -0.379 e. The molecule has 1 heterocycles. The molecule has 1 amide bonds. The van der Waals surface area contributed by atoms with E-state index in [2.05, 4.69) is 5.32 Å². The Morgan fingerprint density at radius 2 is 2.15 bits per heavy atom. The highest BCUT2D eigenvalue weighted by Gasteiger charge is 2.30. The highest BCUT2D eigenvalue weighted by molar-refractivity contribution is 7.89. The fraction of sp³-hybridized carbons (Fsp3) is 0.632. The van der Waals surface area contributed by atoms with Crippen LogP contribution in [0.15, 0.2) is 23.1 Å². The van der Waals surface area contributed by atoms with Crippen molar-refractivity contribution in [3.8, 4) is 0 Å². The second-order valence-electron chi connectivity index (χ2n) is 7.28. The van der Waals surface area contributed by atoms with Crippen LogP contribution in [0.2, 0.25) is 5.02 Å². The van der Waals surface area contributed by atoms with Crippen molar-refractivity contribution in [2.45, 2.75) is 51.0 Å². The standard InChI is InChI=1S/C19H29ClN2O4S/c1-14(2)26-11-5-9-21-19(23)16-7-8-17(20)18(12-16)27(24,25)22-10-4-6-15(3)13-22/h7-8,12,14-15H,4-6,9-11,13H2,1-3H3,(H,21,23). The Morgan fingerprint density at radius 3 is 2.81 bits per heavy atom. The van der Waals surface area contributed by atoms with Gasteiger partial charge in [-0.25, -0.2) is 8.42 Å². The number of hydrogen-bond donors (Lipinski definition) is 1. The average Bonchev–Trinajstić information content (AvgIpc) is 2.61. The summed E-state index contributed by atoms with van der Waals surface area (Å²) in [5.74, 6) is -0.00786. The number of benzene rings is 1. The topological polar surface area (TPSA) is 75.7 Å². The molecule has 0 bridgehead atoms. The number of nitrogens with zero attached hydrogens (tertiary/aromatic N) is 1. The molecule has 0 radical (unpaired) electrons. The second-order valence-corrected chi connectivity index (χ2v) is 9.60. The Bertz CT molecular complexity index is 752. The van der Waals surface area contributed by atoms with Crippen molar-refractivity contribution in [2.75, 3.05) is 26.2 Å². The van der Waals surface area contributed by atoms with E-state index in [1.165, 1.54) is 16.4 Å². The van der Waals surface area contributed by atoms with Crippen molar-refractivity contribution in [1.29, 1.82) is 0 Å². The lowest BCUT2D eigenvalue weighted by Gasteiger charge is -2.30. The van der Waals surface area contributed by atoms with E-state index >= 15 is 0 Å². The van der Waals surface area contributed by atoms with Gasteiger partial charge in [-0.15, -0.1) is 0 Å². The minimum absolute atomic E-state index is 0.00550. The molecule has 6 nitrogen and oxygen atoms in total.